The molecule has 3 nitrogen and oxygen atoms in total. The highest BCUT2D eigenvalue weighted by atomic mass is 32.2. The van der Waals surface area contributed by atoms with Gasteiger partial charge in [-0.15, -0.1) is 0 Å². The van der Waals surface area contributed by atoms with Gasteiger partial charge in [-0.05, 0) is 47.6 Å². The zero-order valence-corrected chi connectivity index (χ0v) is 19.7. The molecule has 1 N–H and O–H groups in total. The summed E-state index contributed by atoms with van der Waals surface area (Å²) in [4.78, 5) is 18.2. The molecule has 1 heterocycles. The third-order valence-corrected chi connectivity index (χ3v) is 6.36. The summed E-state index contributed by atoms with van der Waals surface area (Å²) in [6, 6.07) is 24.3. The third-order valence-electron chi connectivity index (χ3n) is 5.78. The first-order valence-corrected chi connectivity index (χ1v) is 12.5. The number of hydrogen-bond acceptors (Lipinski definition) is 3. The highest BCUT2D eigenvalue weighted by molar-refractivity contribution is 7.97. The third kappa shape index (κ3) is 5.25. The van der Waals surface area contributed by atoms with Gasteiger partial charge >= 0.3 is 0 Å². The van der Waals surface area contributed by atoms with Crippen LogP contribution in [0, 0.1) is 5.82 Å². The molecule has 1 amide bonds. The number of carbonyl (C=O) groups is 1. The number of pyridine rings is 1. The molecule has 1 unspecified atom stereocenters. The zero-order chi connectivity index (χ0) is 23.2. The fourth-order valence-corrected chi connectivity index (χ4v) is 4.81. The number of nitrogens with one attached hydrogen (secondary N) is 1. The number of hydrogen-bond donors (Lipinski definition) is 1. The standard InChI is InChI=1S/C28H27FN2OS/c1-3-25(20-12-9-13-21(29)16-20)30-27(32)17-23-22-14-7-8-15-26(22)31-28(24(23)18-33-2)19-10-5-4-6-11-19/h4-16,25H,3,17-18H2,1-2H3,(H,30,32). The molecule has 0 spiro atoms. The van der Waals surface area contributed by atoms with Crippen LogP contribution < -0.4 is 5.32 Å². The van der Waals surface area contributed by atoms with Crippen LogP contribution in [-0.4, -0.2) is 17.1 Å². The first kappa shape index (κ1) is 23.0. The van der Waals surface area contributed by atoms with E-state index in [-0.39, 0.29) is 24.2 Å². The van der Waals surface area contributed by atoms with E-state index in [2.05, 4.69) is 23.7 Å². The number of rotatable bonds is 8. The van der Waals surface area contributed by atoms with Crippen LogP contribution in [0.25, 0.3) is 22.2 Å². The molecule has 3 aromatic carbocycles. The normalized spacial score (nSPS) is 12.0. The molecule has 0 aliphatic carbocycles. The predicted octanol–water partition coefficient (Wildman–Crippen LogP) is 6.71. The number of nitrogens with zero attached hydrogens (tertiary/aromatic N) is 1. The van der Waals surface area contributed by atoms with E-state index in [4.69, 9.17) is 4.98 Å². The molecule has 0 saturated heterocycles. The molecule has 0 aliphatic heterocycles. The van der Waals surface area contributed by atoms with Crippen molar-refractivity contribution in [2.45, 2.75) is 31.6 Å². The second-order valence-corrected chi connectivity index (χ2v) is 8.86. The summed E-state index contributed by atoms with van der Waals surface area (Å²) in [6.07, 6.45) is 2.98. The Kier molecular flexibility index (Phi) is 7.40. The Labute approximate surface area is 198 Å². The molecular weight excluding hydrogens is 431 g/mol. The van der Waals surface area contributed by atoms with Crippen molar-refractivity contribution in [3.05, 3.63) is 101 Å². The Hall–Kier alpha value is -3.18. The minimum absolute atomic E-state index is 0.0798. The highest BCUT2D eigenvalue weighted by Crippen LogP contribution is 2.33. The van der Waals surface area contributed by atoms with Gasteiger partial charge in [0.05, 0.1) is 23.7 Å². The maximum Gasteiger partial charge on any atom is 0.224 e. The van der Waals surface area contributed by atoms with Gasteiger partial charge in [-0.1, -0.05) is 67.6 Å². The van der Waals surface area contributed by atoms with Gasteiger partial charge in [0.25, 0.3) is 0 Å². The molecule has 0 fully saturated rings. The summed E-state index contributed by atoms with van der Waals surface area (Å²) in [6.45, 7) is 1.99. The lowest BCUT2D eigenvalue weighted by Crippen LogP contribution is -2.30. The van der Waals surface area contributed by atoms with E-state index >= 15 is 0 Å². The van der Waals surface area contributed by atoms with Crippen molar-refractivity contribution in [2.24, 2.45) is 0 Å². The Bertz CT molecular complexity index is 1260. The summed E-state index contributed by atoms with van der Waals surface area (Å²) in [5, 5.41) is 4.11. The summed E-state index contributed by atoms with van der Waals surface area (Å²) in [7, 11) is 0. The lowest BCUT2D eigenvalue weighted by Gasteiger charge is -2.20. The number of amides is 1. The number of aromatic nitrogens is 1. The zero-order valence-electron chi connectivity index (χ0n) is 18.8. The van der Waals surface area contributed by atoms with Crippen LogP contribution in [0.15, 0.2) is 78.9 Å². The fourth-order valence-electron chi connectivity index (χ4n) is 4.21. The van der Waals surface area contributed by atoms with Crippen LogP contribution in [0.5, 0.6) is 0 Å². The molecular formula is C28H27FN2OS. The number of carbonyl (C=O) groups excluding carboxylic acids is 1. The Morgan fingerprint density at radius 2 is 1.76 bits per heavy atom. The first-order chi connectivity index (χ1) is 16.1. The van der Waals surface area contributed by atoms with Gasteiger partial charge in [-0.2, -0.15) is 11.8 Å². The minimum Gasteiger partial charge on any atom is -0.349 e. The van der Waals surface area contributed by atoms with Crippen molar-refractivity contribution >= 4 is 28.6 Å². The van der Waals surface area contributed by atoms with Crippen molar-refractivity contribution in [2.75, 3.05) is 6.26 Å². The lowest BCUT2D eigenvalue weighted by atomic mass is 9.95. The average molecular weight is 459 g/mol. The lowest BCUT2D eigenvalue weighted by molar-refractivity contribution is -0.121. The van der Waals surface area contributed by atoms with Crippen LogP contribution >= 0.6 is 11.8 Å². The molecule has 4 aromatic rings. The number of para-hydroxylation sites is 1. The van der Waals surface area contributed by atoms with Crippen LogP contribution in [0.2, 0.25) is 0 Å². The maximum absolute atomic E-state index is 13.7. The fraction of sp³-hybridized carbons (Fsp3) is 0.214. The average Bonchev–Trinajstić information content (AvgIpc) is 2.84. The van der Waals surface area contributed by atoms with E-state index in [0.29, 0.717) is 6.42 Å². The molecule has 168 valence electrons. The van der Waals surface area contributed by atoms with Gasteiger partial charge in [0, 0.05) is 16.7 Å². The molecule has 0 aliphatic rings. The van der Waals surface area contributed by atoms with E-state index in [1.54, 1.807) is 17.8 Å². The first-order valence-electron chi connectivity index (χ1n) is 11.1. The quantitative estimate of drug-likeness (QED) is 0.319. The number of thioether (sulfide) groups is 1. The number of halogens is 1. The summed E-state index contributed by atoms with van der Waals surface area (Å²) in [5.74, 6) is 0.380. The van der Waals surface area contributed by atoms with Gasteiger partial charge in [0.2, 0.25) is 5.91 Å². The Balaban J connectivity index is 1.74. The number of benzene rings is 3. The van der Waals surface area contributed by atoms with Crippen LogP contribution in [0.4, 0.5) is 4.39 Å². The van der Waals surface area contributed by atoms with Gasteiger partial charge in [0.1, 0.15) is 5.82 Å². The molecule has 1 aromatic heterocycles. The van der Waals surface area contributed by atoms with E-state index in [1.165, 1.54) is 12.1 Å². The van der Waals surface area contributed by atoms with Crippen molar-refractivity contribution in [3.63, 3.8) is 0 Å². The van der Waals surface area contributed by atoms with Crippen molar-refractivity contribution < 1.29 is 9.18 Å². The maximum atomic E-state index is 13.7. The summed E-state index contributed by atoms with van der Waals surface area (Å²) in [5.41, 5.74) is 5.70. The molecule has 4 rings (SSSR count). The number of fused-ring (bicyclic) bond motifs is 1. The van der Waals surface area contributed by atoms with Crippen LogP contribution in [-0.2, 0) is 17.0 Å². The van der Waals surface area contributed by atoms with Crippen molar-refractivity contribution in [3.8, 4) is 11.3 Å². The topological polar surface area (TPSA) is 42.0 Å². The van der Waals surface area contributed by atoms with Crippen molar-refractivity contribution in [1.82, 2.24) is 10.3 Å². The molecule has 0 radical (unpaired) electrons. The van der Waals surface area contributed by atoms with E-state index in [9.17, 15) is 9.18 Å². The Morgan fingerprint density at radius 1 is 1.00 bits per heavy atom. The van der Waals surface area contributed by atoms with Gasteiger partial charge in [-0.25, -0.2) is 9.37 Å². The summed E-state index contributed by atoms with van der Waals surface area (Å²) < 4.78 is 13.7. The van der Waals surface area contributed by atoms with E-state index in [1.807, 2.05) is 55.5 Å². The SMILES string of the molecule is CCC(NC(=O)Cc1c(CSC)c(-c2ccccc2)nc2ccccc12)c1cccc(F)c1. The summed E-state index contributed by atoms with van der Waals surface area (Å²) >= 11 is 1.72. The van der Waals surface area contributed by atoms with Gasteiger partial charge in [-0.3, -0.25) is 4.79 Å². The molecule has 1 atom stereocenters. The van der Waals surface area contributed by atoms with Crippen LogP contribution in [0.3, 0.4) is 0 Å². The molecule has 33 heavy (non-hydrogen) atoms. The molecule has 0 saturated carbocycles. The molecule has 0 bridgehead atoms. The van der Waals surface area contributed by atoms with Crippen molar-refractivity contribution in [1.29, 1.82) is 0 Å². The van der Waals surface area contributed by atoms with E-state index < -0.39 is 0 Å². The molecule has 5 heteroatoms. The predicted molar refractivity (Wildman–Crippen MR) is 136 cm³/mol. The van der Waals surface area contributed by atoms with Crippen LogP contribution in [0.1, 0.15) is 36.1 Å². The largest absolute Gasteiger partial charge is 0.349 e. The highest BCUT2D eigenvalue weighted by Gasteiger charge is 2.20. The second kappa shape index (κ2) is 10.6. The van der Waals surface area contributed by atoms with Gasteiger partial charge in [0.15, 0.2) is 0 Å². The smallest absolute Gasteiger partial charge is 0.224 e. The second-order valence-electron chi connectivity index (χ2n) is 7.99. The van der Waals surface area contributed by atoms with E-state index in [0.717, 1.165) is 44.6 Å². The van der Waals surface area contributed by atoms with Gasteiger partial charge < -0.3 is 5.32 Å². The monoisotopic (exact) mass is 458 g/mol. The minimum atomic E-state index is -0.296. The Morgan fingerprint density at radius 3 is 2.48 bits per heavy atom.